The van der Waals surface area contributed by atoms with Crippen LogP contribution in [0.5, 0.6) is 0 Å². The van der Waals surface area contributed by atoms with Crippen LogP contribution in [0.25, 0.3) is 33.7 Å². The van der Waals surface area contributed by atoms with Crippen LogP contribution in [0.15, 0.2) is 70.7 Å². The van der Waals surface area contributed by atoms with Crippen molar-refractivity contribution in [2.45, 2.75) is 0 Å². The Morgan fingerprint density at radius 3 is 1.83 bits per heavy atom. The van der Waals surface area contributed by atoms with Gasteiger partial charge >= 0.3 is 0 Å². The van der Waals surface area contributed by atoms with Crippen molar-refractivity contribution in [3.63, 3.8) is 0 Å². The molecule has 2 heterocycles. The van der Waals surface area contributed by atoms with Crippen molar-refractivity contribution in [1.29, 1.82) is 0 Å². The summed E-state index contributed by atoms with van der Waals surface area (Å²) in [5.41, 5.74) is 2.48. The first-order valence-electron chi connectivity index (χ1n) is 10.1. The van der Waals surface area contributed by atoms with Crippen molar-refractivity contribution in [3.05, 3.63) is 71.8 Å². The summed E-state index contributed by atoms with van der Waals surface area (Å²) in [5, 5.41) is 8.34. The largest absolute Gasteiger partial charge is 0.369 e. The third-order valence-corrected chi connectivity index (χ3v) is 5.62. The Hall–Kier alpha value is -3.40. The highest BCUT2D eigenvalue weighted by Gasteiger charge is 2.13. The minimum absolute atomic E-state index is 0.850. The quantitative estimate of drug-likeness (QED) is 0.683. The van der Waals surface area contributed by atoms with Crippen LogP contribution in [0.3, 0.4) is 0 Å². The minimum Gasteiger partial charge on any atom is -0.369 e. The van der Waals surface area contributed by atoms with Crippen LogP contribution >= 0.6 is 0 Å². The lowest BCUT2D eigenvalue weighted by molar-refractivity contribution is 0.558. The second-order valence-electron chi connectivity index (χ2n) is 7.44. The molecule has 144 valence electrons. The van der Waals surface area contributed by atoms with Gasteiger partial charge in [0.15, 0.2) is 0 Å². The molecule has 0 fully saturated rings. The summed E-state index contributed by atoms with van der Waals surface area (Å²) in [6.45, 7) is 3.63. The summed E-state index contributed by atoms with van der Waals surface area (Å²) in [7, 11) is 2.10. The number of nitrogens with zero attached hydrogens (tertiary/aromatic N) is 3. The highest BCUT2D eigenvalue weighted by Crippen LogP contribution is 2.34. The molecule has 2 aliphatic heterocycles. The normalized spacial score (nSPS) is 16.9. The number of benzene rings is 3. The van der Waals surface area contributed by atoms with Crippen molar-refractivity contribution in [2.75, 3.05) is 33.2 Å². The number of likely N-dealkylation sites (N-methyl/N-ethyl adjacent to an activating group) is 1. The lowest BCUT2D eigenvalue weighted by atomic mass is 9.91. The van der Waals surface area contributed by atoms with E-state index in [4.69, 9.17) is 0 Å². The zero-order valence-corrected chi connectivity index (χ0v) is 16.6. The van der Waals surface area contributed by atoms with Gasteiger partial charge in [-0.3, -0.25) is 9.98 Å². The van der Waals surface area contributed by atoms with Crippen LogP contribution in [-0.2, 0) is 0 Å². The first-order chi connectivity index (χ1) is 14.3. The Morgan fingerprint density at radius 1 is 0.759 bits per heavy atom. The molecule has 4 nitrogen and oxygen atoms in total. The molecule has 0 saturated carbocycles. The molecule has 2 aliphatic rings. The van der Waals surface area contributed by atoms with Gasteiger partial charge in [-0.15, -0.1) is 0 Å². The molecule has 0 amide bonds. The molecule has 29 heavy (non-hydrogen) atoms. The van der Waals surface area contributed by atoms with E-state index in [9.17, 15) is 0 Å². The van der Waals surface area contributed by atoms with Crippen LogP contribution in [0.4, 0.5) is 0 Å². The minimum atomic E-state index is 0.850. The number of nitrogens with one attached hydrogen (secondary N) is 1. The zero-order chi connectivity index (χ0) is 19.6. The van der Waals surface area contributed by atoms with Crippen molar-refractivity contribution < 1.29 is 0 Å². The number of aliphatic imine (C=N–C) groups is 2. The fraction of sp³-hybridized carbons (Fsp3) is 0.200. The number of hydrogen-bond acceptors (Lipinski definition) is 4. The molecule has 0 atom stereocenters. The molecule has 3 aromatic carbocycles. The number of fused-ring (bicyclic) bond motifs is 2. The molecule has 0 bridgehead atoms. The van der Waals surface area contributed by atoms with Crippen molar-refractivity contribution in [2.24, 2.45) is 9.98 Å². The molecule has 1 N–H and O–H groups in total. The number of rotatable bonds is 4. The number of hydrogen-bond donors (Lipinski definition) is 1. The Kier molecular flexibility index (Phi) is 4.60. The van der Waals surface area contributed by atoms with Crippen LogP contribution in [0.2, 0.25) is 0 Å². The molecule has 0 spiro atoms. The molecular formula is C25H24N4. The predicted molar refractivity (Wildman–Crippen MR) is 125 cm³/mol. The van der Waals surface area contributed by atoms with Gasteiger partial charge in [-0.25, -0.2) is 0 Å². The van der Waals surface area contributed by atoms with E-state index in [0.29, 0.717) is 0 Å². The topological polar surface area (TPSA) is 40.0 Å². The maximum Gasteiger partial charge on any atom is 0.123 e. The lowest BCUT2D eigenvalue weighted by Crippen LogP contribution is -2.20. The average Bonchev–Trinajstić information content (AvgIpc) is 3.42. The molecule has 0 aromatic heterocycles. The first kappa shape index (κ1) is 17.7. The summed E-state index contributed by atoms with van der Waals surface area (Å²) in [6, 6.07) is 17.3. The third kappa shape index (κ3) is 3.31. The van der Waals surface area contributed by atoms with Crippen LogP contribution in [0, 0.1) is 0 Å². The first-order valence-corrected chi connectivity index (χ1v) is 10.1. The lowest BCUT2D eigenvalue weighted by Gasteiger charge is -2.14. The summed E-state index contributed by atoms with van der Waals surface area (Å²) in [4.78, 5) is 11.3. The van der Waals surface area contributed by atoms with Crippen LogP contribution in [0.1, 0.15) is 11.1 Å². The highest BCUT2D eigenvalue weighted by molar-refractivity contribution is 6.15. The number of amidine groups is 2. The Morgan fingerprint density at radius 2 is 1.34 bits per heavy atom. The third-order valence-electron chi connectivity index (χ3n) is 5.62. The van der Waals surface area contributed by atoms with Gasteiger partial charge in [0.05, 0.1) is 13.1 Å². The summed E-state index contributed by atoms with van der Waals surface area (Å²) in [5.74, 6) is 2.01. The molecule has 5 rings (SSSR count). The SMILES string of the molecule is CN1CCN=C1/C=C/c1c2ccccc2c(/C=C/C2=NCCN2)c2ccccc12. The fourth-order valence-corrected chi connectivity index (χ4v) is 4.13. The van der Waals surface area contributed by atoms with Gasteiger partial charge in [0.2, 0.25) is 0 Å². The van der Waals surface area contributed by atoms with Crippen LogP contribution in [-0.4, -0.2) is 49.8 Å². The summed E-state index contributed by atoms with van der Waals surface area (Å²) >= 11 is 0. The summed E-state index contributed by atoms with van der Waals surface area (Å²) in [6.07, 6.45) is 8.67. The highest BCUT2D eigenvalue weighted by atomic mass is 15.2. The maximum absolute atomic E-state index is 4.61. The van der Waals surface area contributed by atoms with E-state index >= 15 is 0 Å². The van der Waals surface area contributed by atoms with Gasteiger partial charge in [0.1, 0.15) is 11.7 Å². The second-order valence-corrected chi connectivity index (χ2v) is 7.44. The van der Waals surface area contributed by atoms with Gasteiger partial charge in [-0.1, -0.05) is 60.7 Å². The molecular weight excluding hydrogens is 356 g/mol. The monoisotopic (exact) mass is 380 g/mol. The van der Waals surface area contributed by atoms with Gasteiger partial charge in [-0.05, 0) is 44.8 Å². The van der Waals surface area contributed by atoms with Crippen molar-refractivity contribution in [1.82, 2.24) is 10.2 Å². The van der Waals surface area contributed by atoms with E-state index in [1.165, 1.54) is 32.7 Å². The maximum atomic E-state index is 4.61. The van der Waals surface area contributed by atoms with Crippen LogP contribution < -0.4 is 5.32 Å². The van der Waals surface area contributed by atoms with Crippen molar-refractivity contribution >= 4 is 45.4 Å². The molecule has 0 saturated heterocycles. The summed E-state index contributed by atoms with van der Waals surface area (Å²) < 4.78 is 0. The fourth-order valence-electron chi connectivity index (χ4n) is 4.13. The second kappa shape index (κ2) is 7.55. The van der Waals surface area contributed by atoms with Gasteiger partial charge in [-0.2, -0.15) is 0 Å². The van der Waals surface area contributed by atoms with E-state index in [2.05, 4.69) is 100 Å². The molecule has 4 heteroatoms. The Balaban J connectivity index is 1.71. The van der Waals surface area contributed by atoms with E-state index < -0.39 is 0 Å². The van der Waals surface area contributed by atoms with Gasteiger partial charge in [0, 0.05) is 20.1 Å². The van der Waals surface area contributed by atoms with E-state index in [1.807, 2.05) is 0 Å². The van der Waals surface area contributed by atoms with Gasteiger partial charge in [0.25, 0.3) is 0 Å². The van der Waals surface area contributed by atoms with Gasteiger partial charge < -0.3 is 10.2 Å². The smallest absolute Gasteiger partial charge is 0.123 e. The Labute approximate surface area is 171 Å². The van der Waals surface area contributed by atoms with E-state index in [1.54, 1.807) is 0 Å². The average molecular weight is 380 g/mol. The molecule has 0 aliphatic carbocycles. The zero-order valence-electron chi connectivity index (χ0n) is 16.6. The molecule has 0 unspecified atom stereocenters. The molecule has 3 aromatic rings. The standard InChI is InChI=1S/C25H24N4/c1-29-17-16-28-25(29)13-11-23-20-8-4-2-6-18(20)22(10-12-24-26-14-15-27-24)19-7-3-5-9-21(19)23/h2-13H,14-17H2,1H3,(H,26,27)/b12-10+,13-11+. The van der Waals surface area contributed by atoms with E-state index in [-0.39, 0.29) is 0 Å². The van der Waals surface area contributed by atoms with E-state index in [0.717, 1.165) is 37.9 Å². The molecule has 0 radical (unpaired) electrons. The predicted octanol–water partition coefficient (Wildman–Crippen LogP) is 4.37. The Bertz CT molecular complexity index is 1140. The van der Waals surface area contributed by atoms with Crippen molar-refractivity contribution in [3.8, 4) is 0 Å².